The summed E-state index contributed by atoms with van der Waals surface area (Å²) in [4.78, 5) is 23.5. The molecular formula is C17H19N5OS. The fraction of sp³-hybridized carbons (Fsp3) is 0.412. The molecule has 124 valence electrons. The fourth-order valence-electron chi connectivity index (χ4n) is 3.09. The van der Waals surface area contributed by atoms with Gasteiger partial charge in [0.05, 0.1) is 10.8 Å². The molecule has 0 bridgehead atoms. The Morgan fingerprint density at radius 3 is 2.83 bits per heavy atom. The summed E-state index contributed by atoms with van der Waals surface area (Å²) in [6, 6.07) is 7.87. The minimum absolute atomic E-state index is 0.181. The van der Waals surface area contributed by atoms with E-state index >= 15 is 0 Å². The highest BCUT2D eigenvalue weighted by Gasteiger charge is 2.24. The van der Waals surface area contributed by atoms with Crippen molar-refractivity contribution in [3.8, 4) is 0 Å². The lowest BCUT2D eigenvalue weighted by Crippen LogP contribution is -2.40. The van der Waals surface area contributed by atoms with Crippen molar-refractivity contribution in [2.45, 2.75) is 36.6 Å². The summed E-state index contributed by atoms with van der Waals surface area (Å²) in [6.45, 7) is 3.68. The molecule has 0 N–H and O–H groups in total. The normalized spacial score (nSPS) is 16.6. The van der Waals surface area contributed by atoms with Gasteiger partial charge in [-0.2, -0.15) is 0 Å². The summed E-state index contributed by atoms with van der Waals surface area (Å²) in [5.74, 6) is 0.182. The van der Waals surface area contributed by atoms with Crippen LogP contribution in [0.5, 0.6) is 0 Å². The zero-order valence-electron chi connectivity index (χ0n) is 13.6. The number of benzene rings is 1. The summed E-state index contributed by atoms with van der Waals surface area (Å²) >= 11 is 1.42. The third-order valence-corrected chi connectivity index (χ3v) is 5.30. The van der Waals surface area contributed by atoms with Crippen LogP contribution in [0.25, 0.3) is 16.6 Å². The van der Waals surface area contributed by atoms with Crippen molar-refractivity contribution in [2.75, 3.05) is 13.1 Å². The summed E-state index contributed by atoms with van der Waals surface area (Å²) in [6.07, 6.45) is 5.10. The van der Waals surface area contributed by atoms with Crippen molar-refractivity contribution in [3.05, 3.63) is 30.6 Å². The van der Waals surface area contributed by atoms with Crippen LogP contribution in [0.2, 0.25) is 0 Å². The number of nitrogens with zero attached hydrogens (tertiary/aromatic N) is 5. The van der Waals surface area contributed by atoms with Crippen LogP contribution < -0.4 is 0 Å². The van der Waals surface area contributed by atoms with E-state index in [4.69, 9.17) is 0 Å². The van der Waals surface area contributed by atoms with Crippen molar-refractivity contribution < 1.29 is 4.79 Å². The molecule has 1 aliphatic heterocycles. The van der Waals surface area contributed by atoms with E-state index in [2.05, 4.69) is 15.1 Å². The molecule has 6 nitrogen and oxygen atoms in total. The van der Waals surface area contributed by atoms with Crippen molar-refractivity contribution >= 4 is 34.2 Å². The van der Waals surface area contributed by atoms with Gasteiger partial charge in [-0.25, -0.2) is 14.5 Å². The number of carbonyl (C=O) groups is 1. The number of fused-ring (bicyclic) bond motifs is 3. The quantitative estimate of drug-likeness (QED) is 0.686. The van der Waals surface area contributed by atoms with Gasteiger partial charge < -0.3 is 4.90 Å². The number of likely N-dealkylation sites (tertiary alicyclic amines) is 1. The zero-order chi connectivity index (χ0) is 16.5. The molecule has 3 aromatic rings. The van der Waals surface area contributed by atoms with Gasteiger partial charge in [0, 0.05) is 18.5 Å². The maximum absolute atomic E-state index is 12.6. The van der Waals surface area contributed by atoms with E-state index in [-0.39, 0.29) is 11.2 Å². The molecule has 1 fully saturated rings. The van der Waals surface area contributed by atoms with Crippen molar-refractivity contribution in [2.24, 2.45) is 0 Å². The van der Waals surface area contributed by atoms with Crippen molar-refractivity contribution in [3.63, 3.8) is 0 Å². The second-order valence-electron chi connectivity index (χ2n) is 6.07. The molecule has 1 aliphatic rings. The number of thioether (sulfide) groups is 1. The molecule has 0 aliphatic carbocycles. The average molecular weight is 341 g/mol. The van der Waals surface area contributed by atoms with Crippen LogP contribution in [0.15, 0.2) is 35.7 Å². The third kappa shape index (κ3) is 2.84. The second kappa shape index (κ2) is 6.39. The largest absolute Gasteiger partial charge is 0.342 e. The highest BCUT2D eigenvalue weighted by molar-refractivity contribution is 8.00. The number of para-hydroxylation sites is 1. The second-order valence-corrected chi connectivity index (χ2v) is 7.38. The highest BCUT2D eigenvalue weighted by atomic mass is 32.2. The summed E-state index contributed by atoms with van der Waals surface area (Å²) in [5.41, 5.74) is 1.67. The Bertz CT molecular complexity index is 887. The molecular weight excluding hydrogens is 322 g/mol. The molecule has 24 heavy (non-hydrogen) atoms. The van der Waals surface area contributed by atoms with Crippen LogP contribution in [0.3, 0.4) is 0 Å². The Morgan fingerprint density at radius 2 is 2.00 bits per heavy atom. The molecule has 0 unspecified atom stereocenters. The molecule has 4 rings (SSSR count). The van der Waals surface area contributed by atoms with Crippen LogP contribution in [0.4, 0.5) is 0 Å². The minimum atomic E-state index is -0.181. The summed E-state index contributed by atoms with van der Waals surface area (Å²) in [7, 11) is 0. The SMILES string of the molecule is C[C@H](Sc1nc2c3ccccc3ncn2n1)C(=O)N1CCCCC1. The summed E-state index contributed by atoms with van der Waals surface area (Å²) < 4.78 is 1.68. The molecule has 3 heterocycles. The van der Waals surface area contributed by atoms with Gasteiger partial charge in [-0.15, -0.1) is 5.10 Å². The molecule has 1 aromatic carbocycles. The first-order chi connectivity index (χ1) is 11.7. The number of aromatic nitrogens is 4. The van der Waals surface area contributed by atoms with Crippen LogP contribution in [-0.4, -0.2) is 48.7 Å². The molecule has 0 spiro atoms. The number of hydrogen-bond acceptors (Lipinski definition) is 5. The van der Waals surface area contributed by atoms with Crippen LogP contribution in [0, 0.1) is 0 Å². The van der Waals surface area contributed by atoms with Gasteiger partial charge in [0.15, 0.2) is 5.65 Å². The lowest BCUT2D eigenvalue weighted by molar-refractivity contribution is -0.131. The number of amides is 1. The first-order valence-corrected chi connectivity index (χ1v) is 9.16. The van der Waals surface area contributed by atoms with Gasteiger partial charge in [0.1, 0.15) is 6.33 Å². The lowest BCUT2D eigenvalue weighted by atomic mass is 10.1. The predicted molar refractivity (Wildman–Crippen MR) is 94.0 cm³/mol. The third-order valence-electron chi connectivity index (χ3n) is 4.36. The maximum Gasteiger partial charge on any atom is 0.235 e. The number of carbonyl (C=O) groups excluding carboxylic acids is 1. The van der Waals surface area contributed by atoms with Crippen molar-refractivity contribution in [1.82, 2.24) is 24.5 Å². The average Bonchev–Trinajstić information content (AvgIpc) is 3.04. The summed E-state index contributed by atoms with van der Waals surface area (Å²) in [5, 5.41) is 5.87. The monoisotopic (exact) mass is 341 g/mol. The van der Waals surface area contributed by atoms with E-state index in [0.717, 1.165) is 42.5 Å². The number of rotatable bonds is 3. The predicted octanol–water partition coefficient (Wildman–Crippen LogP) is 2.77. The van der Waals surface area contributed by atoms with Crippen LogP contribution in [-0.2, 0) is 4.79 Å². The van der Waals surface area contributed by atoms with Gasteiger partial charge in [-0.1, -0.05) is 23.9 Å². The van der Waals surface area contributed by atoms with E-state index < -0.39 is 0 Å². The van der Waals surface area contributed by atoms with Crippen LogP contribution >= 0.6 is 11.8 Å². The Hall–Kier alpha value is -2.15. The molecule has 2 aromatic heterocycles. The Morgan fingerprint density at radius 1 is 1.21 bits per heavy atom. The molecule has 0 saturated carbocycles. The van der Waals surface area contributed by atoms with Crippen LogP contribution in [0.1, 0.15) is 26.2 Å². The minimum Gasteiger partial charge on any atom is -0.342 e. The fourth-order valence-corrected chi connectivity index (χ4v) is 3.93. The topological polar surface area (TPSA) is 63.4 Å². The van der Waals surface area contributed by atoms with Gasteiger partial charge in [-0.3, -0.25) is 4.79 Å². The molecule has 7 heteroatoms. The Balaban J connectivity index is 1.58. The van der Waals surface area contributed by atoms with E-state index in [0.29, 0.717) is 5.16 Å². The first-order valence-electron chi connectivity index (χ1n) is 8.28. The maximum atomic E-state index is 12.6. The van der Waals surface area contributed by atoms with E-state index in [1.807, 2.05) is 36.1 Å². The zero-order valence-corrected chi connectivity index (χ0v) is 14.4. The lowest BCUT2D eigenvalue weighted by Gasteiger charge is -2.28. The Labute approximate surface area is 144 Å². The standard InChI is InChI=1S/C17H19N5OS/c1-12(16(23)21-9-5-2-6-10-21)24-17-19-15-13-7-3-4-8-14(13)18-11-22(15)20-17/h3-4,7-8,11-12H,2,5-6,9-10H2,1H3/t12-/m0/s1. The van der Waals surface area contributed by atoms with Gasteiger partial charge in [-0.05, 0) is 38.3 Å². The first kappa shape index (κ1) is 15.4. The number of piperidine rings is 1. The highest BCUT2D eigenvalue weighted by Crippen LogP contribution is 2.25. The smallest absolute Gasteiger partial charge is 0.235 e. The van der Waals surface area contributed by atoms with E-state index in [1.165, 1.54) is 18.2 Å². The van der Waals surface area contributed by atoms with Gasteiger partial charge in [0.2, 0.25) is 11.1 Å². The van der Waals surface area contributed by atoms with E-state index in [1.54, 1.807) is 10.8 Å². The van der Waals surface area contributed by atoms with E-state index in [9.17, 15) is 4.79 Å². The number of hydrogen-bond donors (Lipinski definition) is 0. The molecule has 1 saturated heterocycles. The molecule has 1 atom stereocenters. The van der Waals surface area contributed by atoms with Crippen molar-refractivity contribution in [1.29, 1.82) is 0 Å². The Kier molecular flexibility index (Phi) is 4.10. The van der Waals surface area contributed by atoms with Gasteiger partial charge >= 0.3 is 0 Å². The van der Waals surface area contributed by atoms with Gasteiger partial charge in [0.25, 0.3) is 0 Å². The molecule has 1 amide bonds. The molecule has 0 radical (unpaired) electrons.